The standard InChI is InChI=1S/C18H15NO4/c1-2-13(18(22)23)11-7-9-12(10-8-11)19-16(20)14-5-3-4-6-15(14)17(19)21/h3-10,13H,2H2,1H3,(H,22,23). The van der Waals surface area contributed by atoms with E-state index in [1.807, 2.05) is 0 Å². The summed E-state index contributed by atoms with van der Waals surface area (Å²) in [6, 6.07) is 13.2. The molecule has 2 aromatic rings. The first kappa shape index (κ1) is 15.0. The SMILES string of the molecule is CCC(C(=O)O)c1ccc(N2C(=O)c3ccccc3C2=O)cc1. The summed E-state index contributed by atoms with van der Waals surface area (Å²) in [5.41, 5.74) is 1.87. The highest BCUT2D eigenvalue weighted by Crippen LogP contribution is 2.29. The molecule has 2 aromatic carbocycles. The van der Waals surface area contributed by atoms with Crippen LogP contribution in [0.3, 0.4) is 0 Å². The quantitative estimate of drug-likeness (QED) is 0.881. The van der Waals surface area contributed by atoms with Gasteiger partial charge in [-0.2, -0.15) is 0 Å². The molecule has 0 fully saturated rings. The molecule has 116 valence electrons. The van der Waals surface area contributed by atoms with Gasteiger partial charge in [-0.05, 0) is 36.2 Å². The topological polar surface area (TPSA) is 74.7 Å². The van der Waals surface area contributed by atoms with Crippen molar-refractivity contribution in [3.63, 3.8) is 0 Å². The molecule has 0 saturated carbocycles. The summed E-state index contributed by atoms with van der Waals surface area (Å²) >= 11 is 0. The van der Waals surface area contributed by atoms with Crippen LogP contribution in [0.5, 0.6) is 0 Å². The predicted octanol–water partition coefficient (Wildman–Crippen LogP) is 3.07. The molecule has 5 heteroatoms. The molecule has 0 saturated heterocycles. The molecule has 1 heterocycles. The minimum Gasteiger partial charge on any atom is -0.481 e. The fourth-order valence-electron chi connectivity index (χ4n) is 2.83. The Morgan fingerprint density at radius 3 is 1.96 bits per heavy atom. The minimum absolute atomic E-state index is 0.358. The Morgan fingerprint density at radius 2 is 1.52 bits per heavy atom. The van der Waals surface area contributed by atoms with Gasteiger partial charge in [0.05, 0.1) is 22.7 Å². The van der Waals surface area contributed by atoms with Crippen molar-refractivity contribution in [3.05, 3.63) is 65.2 Å². The second kappa shape index (κ2) is 5.68. The molecule has 5 nitrogen and oxygen atoms in total. The summed E-state index contributed by atoms with van der Waals surface area (Å²) in [7, 11) is 0. The molecule has 1 aliphatic rings. The van der Waals surface area contributed by atoms with Gasteiger partial charge in [0.25, 0.3) is 11.8 Å². The largest absolute Gasteiger partial charge is 0.481 e. The van der Waals surface area contributed by atoms with Crippen LogP contribution < -0.4 is 4.90 Å². The van der Waals surface area contributed by atoms with Crippen LogP contribution in [-0.2, 0) is 4.79 Å². The van der Waals surface area contributed by atoms with E-state index in [4.69, 9.17) is 0 Å². The zero-order valence-corrected chi connectivity index (χ0v) is 12.5. The van der Waals surface area contributed by atoms with Crippen LogP contribution in [0.25, 0.3) is 0 Å². The summed E-state index contributed by atoms with van der Waals surface area (Å²) in [4.78, 5) is 37.1. The second-order valence-electron chi connectivity index (χ2n) is 5.38. The molecule has 2 amide bonds. The van der Waals surface area contributed by atoms with E-state index in [-0.39, 0.29) is 11.8 Å². The van der Waals surface area contributed by atoms with Crippen LogP contribution >= 0.6 is 0 Å². The molecule has 1 N–H and O–H groups in total. The number of anilines is 1. The lowest BCUT2D eigenvalue weighted by atomic mass is 9.96. The molecule has 23 heavy (non-hydrogen) atoms. The minimum atomic E-state index is -0.888. The summed E-state index contributed by atoms with van der Waals surface area (Å²) < 4.78 is 0. The first-order chi connectivity index (χ1) is 11.0. The van der Waals surface area contributed by atoms with E-state index >= 15 is 0 Å². The summed E-state index contributed by atoms with van der Waals surface area (Å²) in [6.07, 6.45) is 0.474. The molecule has 1 atom stereocenters. The summed E-state index contributed by atoms with van der Waals surface area (Å²) in [5.74, 6) is -2.19. The van der Waals surface area contributed by atoms with Crippen LogP contribution in [0.1, 0.15) is 45.5 Å². The Hall–Kier alpha value is -2.95. The molecule has 0 spiro atoms. The van der Waals surface area contributed by atoms with Crippen molar-refractivity contribution in [2.75, 3.05) is 4.90 Å². The number of aliphatic carboxylic acids is 1. The molecule has 0 aliphatic carbocycles. The number of hydrogen-bond donors (Lipinski definition) is 1. The molecule has 1 aliphatic heterocycles. The van der Waals surface area contributed by atoms with Gasteiger partial charge in [-0.3, -0.25) is 14.4 Å². The van der Waals surface area contributed by atoms with Crippen molar-refractivity contribution in [2.24, 2.45) is 0 Å². The maximum Gasteiger partial charge on any atom is 0.310 e. The number of carboxylic acid groups (broad SMARTS) is 1. The van der Waals surface area contributed by atoms with Gasteiger partial charge >= 0.3 is 5.97 Å². The van der Waals surface area contributed by atoms with Gasteiger partial charge in [0.2, 0.25) is 0 Å². The molecule has 0 bridgehead atoms. The Labute approximate surface area is 133 Å². The van der Waals surface area contributed by atoms with Gasteiger partial charge in [0.15, 0.2) is 0 Å². The van der Waals surface area contributed by atoms with Crippen LogP contribution in [0, 0.1) is 0 Å². The van der Waals surface area contributed by atoms with Crippen LogP contribution in [-0.4, -0.2) is 22.9 Å². The molecule has 0 radical (unpaired) electrons. The number of carboxylic acids is 1. The maximum atomic E-state index is 12.4. The summed E-state index contributed by atoms with van der Waals surface area (Å²) in [5, 5.41) is 9.19. The maximum absolute atomic E-state index is 12.4. The number of fused-ring (bicyclic) bond motifs is 1. The number of benzene rings is 2. The lowest BCUT2D eigenvalue weighted by molar-refractivity contribution is -0.138. The first-order valence-electron chi connectivity index (χ1n) is 7.35. The molecule has 1 unspecified atom stereocenters. The highest BCUT2D eigenvalue weighted by molar-refractivity contribution is 6.34. The van der Waals surface area contributed by atoms with Crippen LogP contribution in [0.4, 0.5) is 5.69 Å². The second-order valence-corrected chi connectivity index (χ2v) is 5.38. The fourth-order valence-corrected chi connectivity index (χ4v) is 2.83. The third kappa shape index (κ3) is 2.40. The number of carbonyl (C=O) groups excluding carboxylic acids is 2. The van der Waals surface area contributed by atoms with E-state index in [0.29, 0.717) is 28.8 Å². The number of imide groups is 1. The van der Waals surface area contributed by atoms with E-state index in [2.05, 4.69) is 0 Å². The van der Waals surface area contributed by atoms with Crippen molar-refractivity contribution in [2.45, 2.75) is 19.3 Å². The third-order valence-corrected chi connectivity index (χ3v) is 4.05. The molecule has 3 rings (SSSR count). The van der Waals surface area contributed by atoms with Gasteiger partial charge in [-0.25, -0.2) is 4.90 Å². The number of hydrogen-bond acceptors (Lipinski definition) is 3. The average molecular weight is 309 g/mol. The number of carbonyl (C=O) groups is 3. The average Bonchev–Trinajstić information content (AvgIpc) is 2.81. The van der Waals surface area contributed by atoms with Gasteiger partial charge < -0.3 is 5.11 Å². The smallest absolute Gasteiger partial charge is 0.310 e. The normalized spacial score (nSPS) is 14.7. The molecular formula is C18H15NO4. The first-order valence-corrected chi connectivity index (χ1v) is 7.35. The predicted molar refractivity (Wildman–Crippen MR) is 84.7 cm³/mol. The highest BCUT2D eigenvalue weighted by atomic mass is 16.4. The monoisotopic (exact) mass is 309 g/mol. The van der Waals surface area contributed by atoms with Crippen molar-refractivity contribution in [1.82, 2.24) is 0 Å². The zero-order chi connectivity index (χ0) is 16.6. The van der Waals surface area contributed by atoms with Gasteiger partial charge in [0.1, 0.15) is 0 Å². The lowest BCUT2D eigenvalue weighted by Gasteiger charge is -2.16. The number of nitrogens with zero attached hydrogens (tertiary/aromatic N) is 1. The van der Waals surface area contributed by atoms with E-state index in [1.54, 1.807) is 55.5 Å². The fraction of sp³-hybridized carbons (Fsp3) is 0.167. The van der Waals surface area contributed by atoms with Crippen LogP contribution in [0.2, 0.25) is 0 Å². The van der Waals surface area contributed by atoms with E-state index in [0.717, 1.165) is 4.90 Å². The zero-order valence-electron chi connectivity index (χ0n) is 12.5. The van der Waals surface area contributed by atoms with E-state index in [1.165, 1.54) is 0 Å². The van der Waals surface area contributed by atoms with Crippen molar-refractivity contribution < 1.29 is 19.5 Å². The molecule has 0 aromatic heterocycles. The van der Waals surface area contributed by atoms with Gasteiger partial charge in [0, 0.05) is 0 Å². The van der Waals surface area contributed by atoms with Crippen molar-refractivity contribution in [1.29, 1.82) is 0 Å². The Bertz CT molecular complexity index is 760. The van der Waals surface area contributed by atoms with Gasteiger partial charge in [-0.15, -0.1) is 0 Å². The van der Waals surface area contributed by atoms with E-state index in [9.17, 15) is 19.5 Å². The van der Waals surface area contributed by atoms with Crippen molar-refractivity contribution >= 4 is 23.5 Å². The third-order valence-electron chi connectivity index (χ3n) is 4.05. The molecular weight excluding hydrogens is 294 g/mol. The lowest BCUT2D eigenvalue weighted by Crippen LogP contribution is -2.29. The van der Waals surface area contributed by atoms with E-state index < -0.39 is 11.9 Å². The Balaban J connectivity index is 1.94. The summed E-state index contributed by atoms with van der Waals surface area (Å²) in [6.45, 7) is 1.80. The van der Waals surface area contributed by atoms with Crippen molar-refractivity contribution in [3.8, 4) is 0 Å². The Morgan fingerprint density at radius 1 is 1.00 bits per heavy atom. The van der Waals surface area contributed by atoms with Crippen LogP contribution in [0.15, 0.2) is 48.5 Å². The highest BCUT2D eigenvalue weighted by Gasteiger charge is 2.36. The van der Waals surface area contributed by atoms with Gasteiger partial charge in [-0.1, -0.05) is 31.2 Å². The Kier molecular flexibility index (Phi) is 3.70. The number of rotatable bonds is 4. The number of amides is 2.